The van der Waals surface area contributed by atoms with Gasteiger partial charge in [0.05, 0.1) is 24.8 Å². The molecule has 2 aliphatic rings. The number of amides is 1. The number of alkyl halides is 1. The number of hydrogen-bond acceptors (Lipinski definition) is 3. The lowest BCUT2D eigenvalue weighted by Gasteiger charge is -2.33. The van der Waals surface area contributed by atoms with Crippen molar-refractivity contribution < 1.29 is 14.3 Å². The molecule has 0 spiro atoms. The molecular formula is C18H21ClN2O3. The predicted molar refractivity (Wildman–Crippen MR) is 92.4 cm³/mol. The molecule has 1 N–H and O–H groups in total. The highest BCUT2D eigenvalue weighted by Gasteiger charge is 2.33. The number of carbonyl (C=O) groups excluding carboxylic acids is 1. The van der Waals surface area contributed by atoms with Crippen molar-refractivity contribution >= 4 is 28.4 Å². The molecule has 3 unspecified atom stereocenters. The minimum absolute atomic E-state index is 0.0399. The number of fused-ring (bicyclic) bond motifs is 1. The van der Waals surface area contributed by atoms with Gasteiger partial charge in [-0.05, 0) is 24.8 Å². The van der Waals surface area contributed by atoms with Crippen molar-refractivity contribution in [1.29, 1.82) is 0 Å². The van der Waals surface area contributed by atoms with Crippen molar-refractivity contribution in [2.45, 2.75) is 24.4 Å². The number of benzene rings is 1. The number of hydrogen-bond donors (Lipinski definition) is 1. The Morgan fingerprint density at radius 3 is 2.92 bits per heavy atom. The number of rotatable bonds is 4. The maximum Gasteiger partial charge on any atom is 0.253 e. The molecule has 1 aromatic heterocycles. The van der Waals surface area contributed by atoms with Gasteiger partial charge in [0.1, 0.15) is 0 Å². The van der Waals surface area contributed by atoms with Crippen LogP contribution in [-0.4, -0.2) is 42.4 Å². The Hall–Kier alpha value is -1.56. The quantitative estimate of drug-likeness (QED) is 0.864. The van der Waals surface area contributed by atoms with E-state index in [1.54, 1.807) is 0 Å². The maximum atomic E-state index is 12.7. The Labute approximate surface area is 145 Å². The van der Waals surface area contributed by atoms with E-state index in [1.807, 2.05) is 30.5 Å². The lowest BCUT2D eigenvalue weighted by Crippen LogP contribution is -2.37. The number of halogens is 1. The van der Waals surface area contributed by atoms with Gasteiger partial charge in [0.25, 0.3) is 5.91 Å². The molecule has 2 saturated heterocycles. The summed E-state index contributed by atoms with van der Waals surface area (Å²) in [5, 5.41) is 4.01. The summed E-state index contributed by atoms with van der Waals surface area (Å²) in [7, 11) is 0. The number of aromatic nitrogens is 1. The van der Waals surface area contributed by atoms with Crippen LogP contribution in [0.4, 0.5) is 0 Å². The number of carbonyl (C=O) groups is 1. The lowest BCUT2D eigenvalue weighted by atomic mass is 10.0. The van der Waals surface area contributed by atoms with Gasteiger partial charge in [-0.25, -0.2) is 0 Å². The fraction of sp³-hybridized carbons (Fsp3) is 0.500. The summed E-state index contributed by atoms with van der Waals surface area (Å²) < 4.78 is 12.8. The van der Waals surface area contributed by atoms with Crippen LogP contribution >= 0.6 is 11.6 Å². The van der Waals surface area contributed by atoms with E-state index < -0.39 is 0 Å². The standard InChI is InChI=1S/C18H21ClN2O3/c19-17-16(11-24-17)21-9-14(13-5-1-2-6-15(13)21)18(22)20-8-12-4-3-7-23-10-12/h1-2,5-6,9,12,16-17H,3-4,7-8,10-11H2,(H,20,22). The van der Waals surface area contributed by atoms with Gasteiger partial charge in [0, 0.05) is 30.3 Å². The largest absolute Gasteiger partial charge is 0.381 e. The van der Waals surface area contributed by atoms with E-state index in [9.17, 15) is 4.79 Å². The van der Waals surface area contributed by atoms with Gasteiger partial charge in [0.15, 0.2) is 5.56 Å². The minimum Gasteiger partial charge on any atom is -0.381 e. The number of nitrogens with zero attached hydrogens (tertiary/aromatic N) is 1. The Kier molecular flexibility index (Phi) is 4.48. The van der Waals surface area contributed by atoms with Crippen LogP contribution < -0.4 is 5.32 Å². The van der Waals surface area contributed by atoms with E-state index in [2.05, 4.69) is 9.88 Å². The van der Waals surface area contributed by atoms with Crippen LogP contribution in [0.5, 0.6) is 0 Å². The molecule has 128 valence electrons. The molecule has 5 nitrogen and oxygen atoms in total. The molecule has 4 rings (SSSR count). The SMILES string of the molecule is O=C(NCC1CCCOC1)c1cn(C2COC2Cl)c2ccccc12. The topological polar surface area (TPSA) is 52.5 Å². The molecule has 0 radical (unpaired) electrons. The Morgan fingerprint density at radius 1 is 1.33 bits per heavy atom. The van der Waals surface area contributed by atoms with E-state index >= 15 is 0 Å². The van der Waals surface area contributed by atoms with Crippen LogP contribution in [0, 0.1) is 5.92 Å². The summed E-state index contributed by atoms with van der Waals surface area (Å²) in [6, 6.07) is 8.00. The minimum atomic E-state index is -0.337. The zero-order valence-electron chi connectivity index (χ0n) is 13.4. The maximum absolute atomic E-state index is 12.7. The molecule has 2 aliphatic heterocycles. The monoisotopic (exact) mass is 348 g/mol. The van der Waals surface area contributed by atoms with Crippen LogP contribution in [0.15, 0.2) is 30.5 Å². The first-order valence-electron chi connectivity index (χ1n) is 8.45. The third-order valence-electron chi connectivity index (χ3n) is 4.88. The molecule has 3 heterocycles. The van der Waals surface area contributed by atoms with Gasteiger partial charge >= 0.3 is 0 Å². The highest BCUT2D eigenvalue weighted by atomic mass is 35.5. The molecular weight excluding hydrogens is 328 g/mol. The van der Waals surface area contributed by atoms with Crippen LogP contribution in [0.3, 0.4) is 0 Å². The summed E-state index contributed by atoms with van der Waals surface area (Å²) in [5.41, 5.74) is 1.37. The Balaban J connectivity index is 1.55. The lowest BCUT2D eigenvalue weighted by molar-refractivity contribution is -0.0523. The van der Waals surface area contributed by atoms with Gasteiger partial charge < -0.3 is 19.4 Å². The molecule has 6 heteroatoms. The van der Waals surface area contributed by atoms with Crippen molar-refractivity contribution in [3.8, 4) is 0 Å². The fourth-order valence-electron chi connectivity index (χ4n) is 3.42. The zero-order valence-corrected chi connectivity index (χ0v) is 14.2. The normalized spacial score (nSPS) is 27.0. The first-order valence-corrected chi connectivity index (χ1v) is 8.89. The summed E-state index contributed by atoms with van der Waals surface area (Å²) in [4.78, 5) is 12.7. The van der Waals surface area contributed by atoms with Gasteiger partial charge in [0.2, 0.25) is 0 Å². The highest BCUT2D eigenvalue weighted by Crippen LogP contribution is 2.34. The Bertz CT molecular complexity index is 739. The molecule has 0 aliphatic carbocycles. The predicted octanol–water partition coefficient (Wildman–Crippen LogP) is 2.93. The van der Waals surface area contributed by atoms with E-state index in [-0.39, 0.29) is 17.5 Å². The molecule has 2 aromatic rings. The molecule has 3 atom stereocenters. The van der Waals surface area contributed by atoms with E-state index in [0.717, 1.165) is 37.0 Å². The molecule has 0 saturated carbocycles. The average Bonchev–Trinajstić information content (AvgIpc) is 2.99. The van der Waals surface area contributed by atoms with E-state index in [0.29, 0.717) is 24.6 Å². The van der Waals surface area contributed by atoms with Gasteiger partial charge in [-0.2, -0.15) is 0 Å². The summed E-state index contributed by atoms with van der Waals surface area (Å²) in [6.07, 6.45) is 4.08. The third kappa shape index (κ3) is 2.92. The van der Waals surface area contributed by atoms with Gasteiger partial charge in [-0.15, -0.1) is 0 Å². The number of para-hydroxylation sites is 1. The second-order valence-corrected chi connectivity index (χ2v) is 6.94. The number of nitrogens with one attached hydrogen (secondary N) is 1. The van der Waals surface area contributed by atoms with Crippen LogP contribution in [0.1, 0.15) is 29.2 Å². The first kappa shape index (κ1) is 15.9. The molecule has 24 heavy (non-hydrogen) atoms. The van der Waals surface area contributed by atoms with E-state index in [4.69, 9.17) is 21.1 Å². The molecule has 2 fully saturated rings. The Morgan fingerprint density at radius 2 is 2.21 bits per heavy atom. The third-order valence-corrected chi connectivity index (χ3v) is 5.29. The van der Waals surface area contributed by atoms with Crippen molar-refractivity contribution in [2.24, 2.45) is 5.92 Å². The second kappa shape index (κ2) is 6.75. The molecule has 1 amide bonds. The van der Waals surface area contributed by atoms with Gasteiger partial charge in [-0.3, -0.25) is 4.79 Å². The summed E-state index contributed by atoms with van der Waals surface area (Å²) in [5.74, 6) is 0.366. The molecule has 1 aromatic carbocycles. The highest BCUT2D eigenvalue weighted by molar-refractivity contribution is 6.20. The van der Waals surface area contributed by atoms with Crippen molar-refractivity contribution in [1.82, 2.24) is 9.88 Å². The van der Waals surface area contributed by atoms with Crippen LogP contribution in [-0.2, 0) is 9.47 Å². The van der Waals surface area contributed by atoms with Crippen LogP contribution in [0.25, 0.3) is 10.9 Å². The first-order chi connectivity index (χ1) is 11.7. The zero-order chi connectivity index (χ0) is 16.5. The van der Waals surface area contributed by atoms with E-state index in [1.165, 1.54) is 0 Å². The fourth-order valence-corrected chi connectivity index (χ4v) is 3.69. The second-order valence-electron chi connectivity index (χ2n) is 6.51. The molecule has 0 bridgehead atoms. The van der Waals surface area contributed by atoms with Crippen molar-refractivity contribution in [3.63, 3.8) is 0 Å². The van der Waals surface area contributed by atoms with Crippen molar-refractivity contribution in [3.05, 3.63) is 36.0 Å². The number of ether oxygens (including phenoxy) is 2. The summed E-state index contributed by atoms with van der Waals surface area (Å²) >= 11 is 6.14. The smallest absolute Gasteiger partial charge is 0.253 e. The average molecular weight is 349 g/mol. The summed E-state index contributed by atoms with van der Waals surface area (Å²) in [6.45, 7) is 2.80. The van der Waals surface area contributed by atoms with Crippen molar-refractivity contribution in [2.75, 3.05) is 26.4 Å². The van der Waals surface area contributed by atoms with Gasteiger partial charge in [-0.1, -0.05) is 29.8 Å². The van der Waals surface area contributed by atoms with Crippen LogP contribution in [0.2, 0.25) is 0 Å².